The summed E-state index contributed by atoms with van der Waals surface area (Å²) in [6, 6.07) is 4.84. The summed E-state index contributed by atoms with van der Waals surface area (Å²) in [4.78, 5) is 12.9. The average molecular weight is 387 g/mol. The van der Waals surface area contributed by atoms with Crippen molar-refractivity contribution in [1.82, 2.24) is 20.2 Å². The second-order valence-electron chi connectivity index (χ2n) is 6.46. The molecule has 9 nitrogen and oxygen atoms in total. The number of ether oxygens (including phenoxy) is 3. The van der Waals surface area contributed by atoms with E-state index in [4.69, 9.17) is 14.2 Å². The molecule has 1 aliphatic heterocycles. The van der Waals surface area contributed by atoms with Crippen molar-refractivity contribution in [3.05, 3.63) is 35.0 Å². The molecule has 3 rings (SSSR count). The lowest BCUT2D eigenvalue weighted by Gasteiger charge is -2.28. The predicted octanol–water partition coefficient (Wildman–Crippen LogP) is 2.71. The maximum absolute atomic E-state index is 12.9. The van der Waals surface area contributed by atoms with Crippen LogP contribution in [0, 0.1) is 0 Å². The van der Waals surface area contributed by atoms with E-state index in [0.717, 1.165) is 24.8 Å². The molecule has 1 aliphatic rings. The molecule has 0 saturated heterocycles. The standard InChI is InChI=1S/C19H25N5O4/c1-5-6-7-10-28-18(25)16-12(2)20-19-21-22-23-24(19)17(16)14-9-8-13(26-3)11-15(14)27-4/h8-9,11,17H,5-7,10H2,1-4H3,(H,20,21,23). The number of carbonyl (C=O) groups excluding carboxylic acids is 1. The Labute approximate surface area is 163 Å². The molecule has 1 aromatic carbocycles. The molecule has 0 fully saturated rings. The average Bonchev–Trinajstić information content (AvgIpc) is 3.17. The number of nitrogens with zero attached hydrogens (tertiary/aromatic N) is 4. The molecule has 0 spiro atoms. The van der Waals surface area contributed by atoms with Gasteiger partial charge < -0.3 is 19.5 Å². The first kappa shape index (κ1) is 19.7. The number of benzene rings is 1. The maximum Gasteiger partial charge on any atom is 0.338 e. The molecule has 0 aliphatic carbocycles. The van der Waals surface area contributed by atoms with Crippen LogP contribution in [0.5, 0.6) is 11.5 Å². The van der Waals surface area contributed by atoms with Crippen molar-refractivity contribution in [1.29, 1.82) is 0 Å². The van der Waals surface area contributed by atoms with E-state index in [1.807, 2.05) is 19.1 Å². The quantitative estimate of drug-likeness (QED) is 0.545. The Kier molecular flexibility index (Phi) is 6.13. The monoisotopic (exact) mass is 387 g/mol. The summed E-state index contributed by atoms with van der Waals surface area (Å²) < 4.78 is 17.9. The molecule has 2 aromatic rings. The Balaban J connectivity index is 2.01. The highest BCUT2D eigenvalue weighted by Gasteiger charge is 2.36. The first-order chi connectivity index (χ1) is 13.6. The van der Waals surface area contributed by atoms with Crippen LogP contribution in [0.2, 0.25) is 0 Å². The molecule has 28 heavy (non-hydrogen) atoms. The minimum absolute atomic E-state index is 0.373. The van der Waals surface area contributed by atoms with Gasteiger partial charge in [0.05, 0.1) is 26.4 Å². The number of unbranched alkanes of at least 4 members (excludes halogenated alkanes) is 2. The van der Waals surface area contributed by atoms with Gasteiger partial charge in [-0.25, -0.2) is 4.79 Å². The van der Waals surface area contributed by atoms with Gasteiger partial charge in [-0.2, -0.15) is 4.68 Å². The van der Waals surface area contributed by atoms with Gasteiger partial charge in [-0.3, -0.25) is 0 Å². The van der Waals surface area contributed by atoms with Crippen LogP contribution >= 0.6 is 0 Å². The van der Waals surface area contributed by atoms with Gasteiger partial charge >= 0.3 is 5.97 Å². The first-order valence-corrected chi connectivity index (χ1v) is 9.25. The van der Waals surface area contributed by atoms with Crippen LogP contribution in [-0.4, -0.2) is 47.0 Å². The Bertz CT molecular complexity index is 877. The number of nitrogens with one attached hydrogen (secondary N) is 1. The van der Waals surface area contributed by atoms with Crippen LogP contribution in [-0.2, 0) is 9.53 Å². The fourth-order valence-electron chi connectivity index (χ4n) is 3.20. The van der Waals surface area contributed by atoms with Gasteiger partial charge in [-0.1, -0.05) is 24.9 Å². The van der Waals surface area contributed by atoms with Crippen molar-refractivity contribution >= 4 is 11.9 Å². The smallest absolute Gasteiger partial charge is 0.338 e. The van der Waals surface area contributed by atoms with Crippen LogP contribution < -0.4 is 14.8 Å². The number of methoxy groups -OCH3 is 2. The van der Waals surface area contributed by atoms with Crippen molar-refractivity contribution in [3.63, 3.8) is 0 Å². The van der Waals surface area contributed by atoms with Crippen LogP contribution in [0.15, 0.2) is 29.5 Å². The molecule has 1 N–H and O–H groups in total. The Morgan fingerprint density at radius 2 is 2.07 bits per heavy atom. The highest BCUT2D eigenvalue weighted by molar-refractivity contribution is 5.92. The normalized spacial score (nSPS) is 15.6. The Hall–Kier alpha value is -3.10. The third-order valence-corrected chi connectivity index (χ3v) is 4.65. The van der Waals surface area contributed by atoms with Gasteiger partial charge in [-0.05, 0) is 35.9 Å². The molecule has 9 heteroatoms. The van der Waals surface area contributed by atoms with Gasteiger partial charge in [0.2, 0.25) is 5.95 Å². The number of anilines is 1. The van der Waals surface area contributed by atoms with Crippen molar-refractivity contribution < 1.29 is 19.0 Å². The SMILES string of the molecule is CCCCCOC(=O)C1=C(C)Nc2nnnn2C1c1ccc(OC)cc1OC. The third-order valence-electron chi connectivity index (χ3n) is 4.65. The van der Waals surface area contributed by atoms with Gasteiger partial charge in [0.25, 0.3) is 0 Å². The van der Waals surface area contributed by atoms with E-state index in [-0.39, 0.29) is 0 Å². The zero-order valence-corrected chi connectivity index (χ0v) is 16.6. The van der Waals surface area contributed by atoms with Crippen molar-refractivity contribution in [2.45, 2.75) is 39.2 Å². The van der Waals surface area contributed by atoms with Crippen LogP contribution in [0.3, 0.4) is 0 Å². The van der Waals surface area contributed by atoms with Crippen molar-refractivity contribution in [2.24, 2.45) is 0 Å². The zero-order chi connectivity index (χ0) is 20.1. The van der Waals surface area contributed by atoms with E-state index in [1.54, 1.807) is 25.0 Å². The highest BCUT2D eigenvalue weighted by atomic mass is 16.5. The highest BCUT2D eigenvalue weighted by Crippen LogP contribution is 2.40. The summed E-state index contributed by atoms with van der Waals surface area (Å²) in [5.41, 5.74) is 1.82. The molecule has 0 radical (unpaired) electrons. The van der Waals surface area contributed by atoms with Crippen LogP contribution in [0.1, 0.15) is 44.7 Å². The second-order valence-corrected chi connectivity index (χ2v) is 6.46. The lowest BCUT2D eigenvalue weighted by atomic mass is 9.95. The number of hydrogen-bond donors (Lipinski definition) is 1. The zero-order valence-electron chi connectivity index (χ0n) is 16.6. The van der Waals surface area contributed by atoms with E-state index in [2.05, 4.69) is 27.8 Å². The van der Waals surface area contributed by atoms with Crippen molar-refractivity contribution in [3.8, 4) is 11.5 Å². The summed E-state index contributed by atoms with van der Waals surface area (Å²) >= 11 is 0. The molecule has 150 valence electrons. The Morgan fingerprint density at radius 1 is 1.25 bits per heavy atom. The number of hydrogen-bond acceptors (Lipinski definition) is 8. The number of esters is 1. The molecule has 2 heterocycles. The lowest BCUT2D eigenvalue weighted by molar-refractivity contribution is -0.139. The van der Waals surface area contributed by atoms with Crippen LogP contribution in [0.4, 0.5) is 5.95 Å². The molecule has 0 saturated carbocycles. The largest absolute Gasteiger partial charge is 0.497 e. The molecular weight excluding hydrogens is 362 g/mol. The van der Waals surface area contributed by atoms with E-state index in [0.29, 0.717) is 35.3 Å². The number of tetrazole rings is 1. The first-order valence-electron chi connectivity index (χ1n) is 9.25. The minimum atomic E-state index is -0.578. The minimum Gasteiger partial charge on any atom is -0.497 e. The summed E-state index contributed by atoms with van der Waals surface area (Å²) in [5.74, 6) is 1.26. The van der Waals surface area contributed by atoms with Gasteiger partial charge in [0, 0.05) is 17.3 Å². The fourth-order valence-corrected chi connectivity index (χ4v) is 3.20. The lowest BCUT2D eigenvalue weighted by Crippen LogP contribution is -2.30. The molecule has 0 amide bonds. The molecule has 1 atom stereocenters. The number of fused-ring (bicyclic) bond motifs is 1. The fraction of sp³-hybridized carbons (Fsp3) is 0.474. The third kappa shape index (κ3) is 3.78. The molecular formula is C19H25N5O4. The summed E-state index contributed by atoms with van der Waals surface area (Å²) in [5, 5.41) is 14.9. The van der Waals surface area contributed by atoms with Crippen molar-refractivity contribution in [2.75, 3.05) is 26.1 Å². The molecule has 0 bridgehead atoms. The number of aromatic nitrogens is 4. The molecule has 1 unspecified atom stereocenters. The number of rotatable bonds is 8. The topological polar surface area (TPSA) is 100 Å². The molecule has 1 aromatic heterocycles. The van der Waals surface area contributed by atoms with Gasteiger partial charge in [0.1, 0.15) is 17.5 Å². The Morgan fingerprint density at radius 3 is 2.79 bits per heavy atom. The summed E-state index contributed by atoms with van der Waals surface area (Å²) in [6.45, 7) is 4.28. The number of allylic oxidation sites excluding steroid dienone is 1. The summed E-state index contributed by atoms with van der Waals surface area (Å²) in [7, 11) is 3.15. The predicted molar refractivity (Wildman–Crippen MR) is 102 cm³/mol. The van der Waals surface area contributed by atoms with E-state index < -0.39 is 12.0 Å². The number of carbonyl (C=O) groups is 1. The van der Waals surface area contributed by atoms with Gasteiger partial charge in [-0.15, -0.1) is 0 Å². The van der Waals surface area contributed by atoms with Crippen LogP contribution in [0.25, 0.3) is 0 Å². The maximum atomic E-state index is 12.9. The van der Waals surface area contributed by atoms with Gasteiger partial charge in [0.15, 0.2) is 0 Å². The van der Waals surface area contributed by atoms with E-state index in [9.17, 15) is 4.79 Å². The van der Waals surface area contributed by atoms with E-state index >= 15 is 0 Å². The second kappa shape index (κ2) is 8.73. The summed E-state index contributed by atoms with van der Waals surface area (Å²) in [6.07, 6.45) is 2.89. The van der Waals surface area contributed by atoms with E-state index in [1.165, 1.54) is 0 Å².